The number of nitrogens with one attached hydrogen (secondary N) is 1. The van der Waals surface area contributed by atoms with Gasteiger partial charge in [0.2, 0.25) is 5.91 Å². The van der Waals surface area contributed by atoms with Gasteiger partial charge < -0.3 is 9.84 Å². The van der Waals surface area contributed by atoms with Gasteiger partial charge in [-0.1, -0.05) is 11.2 Å². The van der Waals surface area contributed by atoms with Gasteiger partial charge in [0, 0.05) is 24.6 Å². The van der Waals surface area contributed by atoms with Gasteiger partial charge >= 0.3 is 0 Å². The van der Waals surface area contributed by atoms with E-state index in [4.69, 9.17) is 4.52 Å². The maximum Gasteiger partial charge on any atom is 0.234 e. The van der Waals surface area contributed by atoms with Crippen molar-refractivity contribution in [1.29, 1.82) is 0 Å². The van der Waals surface area contributed by atoms with Crippen LogP contribution in [0.2, 0.25) is 0 Å². The van der Waals surface area contributed by atoms with Gasteiger partial charge in [-0.15, -0.1) is 23.1 Å². The predicted octanol–water partition coefficient (Wildman–Crippen LogP) is 3.49. The van der Waals surface area contributed by atoms with Crippen LogP contribution in [0.15, 0.2) is 40.5 Å². The molecule has 0 aliphatic carbocycles. The van der Waals surface area contributed by atoms with Gasteiger partial charge in [-0.05, 0) is 18.4 Å². The highest BCUT2D eigenvalue weighted by Crippen LogP contribution is 2.26. The minimum atomic E-state index is -0.0485. The molecule has 3 heterocycles. The molecule has 0 aliphatic rings. The van der Waals surface area contributed by atoms with Crippen molar-refractivity contribution in [2.75, 3.05) is 11.1 Å². The average molecular weight is 348 g/mol. The van der Waals surface area contributed by atoms with Crippen molar-refractivity contribution in [2.24, 2.45) is 0 Å². The lowest BCUT2D eigenvalue weighted by Crippen LogP contribution is -2.13. The quantitative estimate of drug-likeness (QED) is 0.707. The Balaban J connectivity index is 1.45. The van der Waals surface area contributed by atoms with Gasteiger partial charge in [-0.25, -0.2) is 0 Å². The van der Waals surface area contributed by atoms with E-state index in [-0.39, 0.29) is 5.91 Å². The third-order valence-corrected chi connectivity index (χ3v) is 4.90. The van der Waals surface area contributed by atoms with E-state index in [1.165, 1.54) is 11.8 Å². The third kappa shape index (κ3) is 4.23. The molecule has 3 rings (SSSR count). The number of aromatic nitrogens is 3. The first-order valence-electron chi connectivity index (χ1n) is 7.14. The highest BCUT2D eigenvalue weighted by Gasteiger charge is 2.09. The van der Waals surface area contributed by atoms with Gasteiger partial charge in [0.1, 0.15) is 0 Å². The number of amides is 1. The summed E-state index contributed by atoms with van der Waals surface area (Å²) in [5, 5.41) is 13.0. The van der Waals surface area contributed by atoms with Crippen LogP contribution in [-0.4, -0.2) is 26.6 Å². The molecule has 3 aromatic heterocycles. The molecule has 120 valence electrons. The number of thiophene rings is 1. The summed E-state index contributed by atoms with van der Waals surface area (Å²) in [4.78, 5) is 12.9. The molecule has 0 saturated heterocycles. The van der Waals surface area contributed by atoms with Crippen LogP contribution < -0.4 is 5.32 Å². The summed E-state index contributed by atoms with van der Waals surface area (Å²) in [7, 11) is 0. The van der Waals surface area contributed by atoms with Crippen LogP contribution >= 0.6 is 23.1 Å². The third-order valence-electron chi connectivity index (χ3n) is 3.05. The van der Waals surface area contributed by atoms with Crippen molar-refractivity contribution < 1.29 is 9.32 Å². The number of anilines is 1. The van der Waals surface area contributed by atoms with Gasteiger partial charge in [0.05, 0.1) is 28.2 Å². The fourth-order valence-electron chi connectivity index (χ4n) is 1.96. The number of aryl methyl sites for hydroxylation is 1. The molecule has 1 amide bonds. The molecule has 0 radical (unpaired) electrons. The van der Waals surface area contributed by atoms with Crippen molar-refractivity contribution in [3.8, 4) is 10.6 Å². The Kier molecular flexibility index (Phi) is 5.14. The Morgan fingerprint density at radius 1 is 1.52 bits per heavy atom. The SMILES string of the molecule is CCn1cc(NC(=O)CSCc2cc(-c3cccs3)on2)cn1. The Hall–Kier alpha value is -2.06. The molecule has 8 heteroatoms. The van der Waals surface area contributed by atoms with Crippen LogP contribution in [0.5, 0.6) is 0 Å². The lowest BCUT2D eigenvalue weighted by atomic mass is 10.3. The highest BCUT2D eigenvalue weighted by molar-refractivity contribution is 7.99. The number of rotatable bonds is 7. The lowest BCUT2D eigenvalue weighted by Gasteiger charge is -2.01. The highest BCUT2D eigenvalue weighted by atomic mass is 32.2. The van der Waals surface area contributed by atoms with Crippen LogP contribution in [0.1, 0.15) is 12.6 Å². The van der Waals surface area contributed by atoms with Crippen molar-refractivity contribution in [3.63, 3.8) is 0 Å². The average Bonchev–Trinajstić information content (AvgIpc) is 3.28. The minimum absolute atomic E-state index is 0.0485. The molecule has 0 bridgehead atoms. The zero-order valence-corrected chi connectivity index (χ0v) is 14.2. The number of thioether (sulfide) groups is 1. The maximum atomic E-state index is 11.9. The number of hydrogen-bond acceptors (Lipinski definition) is 6. The first-order valence-corrected chi connectivity index (χ1v) is 9.17. The predicted molar refractivity (Wildman–Crippen MR) is 92.5 cm³/mol. The first kappa shape index (κ1) is 15.8. The molecule has 0 unspecified atom stereocenters. The van der Waals surface area contributed by atoms with Gasteiger partial charge in [-0.2, -0.15) is 5.10 Å². The van der Waals surface area contributed by atoms with Gasteiger partial charge in [0.25, 0.3) is 0 Å². The molecule has 6 nitrogen and oxygen atoms in total. The van der Waals surface area contributed by atoms with Crippen LogP contribution in [0.3, 0.4) is 0 Å². The van der Waals surface area contributed by atoms with Gasteiger partial charge in [0.15, 0.2) is 5.76 Å². The molecule has 3 aromatic rings. The second kappa shape index (κ2) is 7.47. The molecule has 23 heavy (non-hydrogen) atoms. The molecule has 0 aromatic carbocycles. The molecule has 0 fully saturated rings. The zero-order chi connectivity index (χ0) is 16.1. The molecule has 0 aliphatic heterocycles. The largest absolute Gasteiger partial charge is 0.355 e. The summed E-state index contributed by atoms with van der Waals surface area (Å²) in [6.07, 6.45) is 3.46. The van der Waals surface area contributed by atoms with E-state index in [9.17, 15) is 4.79 Å². The standard InChI is InChI=1S/C15H16N4O2S2/c1-2-19-8-12(7-16-19)17-15(20)10-22-9-11-6-13(21-18-11)14-4-3-5-23-14/h3-8H,2,9-10H2,1H3,(H,17,20). The van der Waals surface area contributed by atoms with E-state index < -0.39 is 0 Å². The van der Waals surface area contributed by atoms with Crippen molar-refractivity contribution >= 4 is 34.7 Å². The summed E-state index contributed by atoms with van der Waals surface area (Å²) in [6, 6.07) is 5.88. The number of nitrogens with zero attached hydrogens (tertiary/aromatic N) is 3. The Labute approximate surface area is 141 Å². The molecule has 1 N–H and O–H groups in total. The second-order valence-electron chi connectivity index (χ2n) is 4.79. The van der Waals surface area contributed by atoms with Crippen molar-refractivity contribution in [3.05, 3.63) is 41.7 Å². The number of carbonyl (C=O) groups is 1. The smallest absolute Gasteiger partial charge is 0.234 e. The van der Waals surface area contributed by atoms with Crippen molar-refractivity contribution in [2.45, 2.75) is 19.2 Å². The first-order chi connectivity index (χ1) is 11.2. The van der Waals surface area contributed by atoms with Crippen LogP contribution in [0.25, 0.3) is 10.6 Å². The summed E-state index contributed by atoms with van der Waals surface area (Å²) in [5.74, 6) is 1.72. The molecule has 0 spiro atoms. The summed E-state index contributed by atoms with van der Waals surface area (Å²) in [6.45, 7) is 2.78. The van der Waals surface area contributed by atoms with Crippen LogP contribution in [0.4, 0.5) is 5.69 Å². The van der Waals surface area contributed by atoms with E-state index in [0.29, 0.717) is 11.5 Å². The normalized spacial score (nSPS) is 10.8. The summed E-state index contributed by atoms with van der Waals surface area (Å²) in [5.41, 5.74) is 1.56. The summed E-state index contributed by atoms with van der Waals surface area (Å²) >= 11 is 3.11. The fraction of sp³-hybridized carbons (Fsp3) is 0.267. The second-order valence-corrected chi connectivity index (χ2v) is 6.72. The van der Waals surface area contributed by atoms with E-state index in [1.54, 1.807) is 22.2 Å². The van der Waals surface area contributed by atoms with E-state index in [0.717, 1.165) is 28.6 Å². The Bertz CT molecular complexity index is 764. The molecule has 0 saturated carbocycles. The summed E-state index contributed by atoms with van der Waals surface area (Å²) < 4.78 is 7.08. The number of hydrogen-bond donors (Lipinski definition) is 1. The monoisotopic (exact) mass is 348 g/mol. The molecular formula is C15H16N4O2S2. The van der Waals surface area contributed by atoms with Gasteiger partial charge in [-0.3, -0.25) is 9.48 Å². The molecule has 0 atom stereocenters. The Morgan fingerprint density at radius 2 is 2.43 bits per heavy atom. The zero-order valence-electron chi connectivity index (χ0n) is 12.6. The topological polar surface area (TPSA) is 73.0 Å². The number of carbonyl (C=O) groups excluding carboxylic acids is 1. The molecular weight excluding hydrogens is 332 g/mol. The maximum absolute atomic E-state index is 11.9. The van der Waals surface area contributed by atoms with E-state index in [2.05, 4.69) is 15.6 Å². The fourth-order valence-corrected chi connectivity index (χ4v) is 3.34. The van der Waals surface area contributed by atoms with Crippen LogP contribution in [0, 0.1) is 0 Å². The Morgan fingerprint density at radius 3 is 3.17 bits per heavy atom. The lowest BCUT2D eigenvalue weighted by molar-refractivity contribution is -0.113. The van der Waals surface area contributed by atoms with Crippen LogP contribution in [-0.2, 0) is 17.1 Å². The minimum Gasteiger partial charge on any atom is -0.355 e. The van der Waals surface area contributed by atoms with E-state index >= 15 is 0 Å². The van der Waals surface area contributed by atoms with Crippen molar-refractivity contribution in [1.82, 2.24) is 14.9 Å². The van der Waals surface area contributed by atoms with E-state index in [1.807, 2.05) is 36.7 Å².